The number of amides is 2. The summed E-state index contributed by atoms with van der Waals surface area (Å²) in [6.07, 6.45) is 1.33. The van der Waals surface area contributed by atoms with Crippen molar-refractivity contribution in [2.75, 3.05) is 12.0 Å². The monoisotopic (exact) mass is 481 g/mol. The van der Waals surface area contributed by atoms with Crippen molar-refractivity contribution >= 4 is 46.6 Å². The average Bonchev–Trinajstić information content (AvgIpc) is 3.32. The fourth-order valence-corrected chi connectivity index (χ4v) is 3.38. The molecular formula is C24H23N3O6S. The molecule has 10 heteroatoms. The maximum absolute atomic E-state index is 13.1. The van der Waals surface area contributed by atoms with Gasteiger partial charge in [-0.1, -0.05) is 26.0 Å². The standard InChI is InChI=1S/C22H15N3O5S.C2H6.H2O/c1-29-14-8-6-13(7-9-14)25-21(27)17(20(26)23-22(25)31)12-15-10-11-19(30-15)16-4-2-3-5-18(16)24-28;1-2;/h2-12H,1H3,(H,23,26,31);1-2H3;1H2/b17-12+;;. The second-order valence-corrected chi connectivity index (χ2v) is 6.85. The minimum absolute atomic E-state index is 0. The lowest BCUT2D eigenvalue weighted by Gasteiger charge is -2.28. The molecule has 2 heterocycles. The van der Waals surface area contributed by atoms with E-state index in [1.54, 1.807) is 60.7 Å². The largest absolute Gasteiger partial charge is 0.497 e. The quantitative estimate of drug-likeness (QED) is 0.249. The third-order valence-electron chi connectivity index (χ3n) is 4.61. The van der Waals surface area contributed by atoms with Crippen molar-refractivity contribution in [1.82, 2.24) is 5.32 Å². The molecular weight excluding hydrogens is 458 g/mol. The molecule has 1 aliphatic rings. The fourth-order valence-electron chi connectivity index (χ4n) is 3.10. The maximum atomic E-state index is 13.1. The van der Waals surface area contributed by atoms with Gasteiger partial charge in [-0.25, -0.2) is 0 Å². The number of methoxy groups -OCH3 is 1. The highest BCUT2D eigenvalue weighted by Crippen LogP contribution is 2.32. The number of nitrogens with zero attached hydrogens (tertiary/aromatic N) is 2. The minimum atomic E-state index is -0.632. The van der Waals surface area contributed by atoms with Gasteiger partial charge in [0.2, 0.25) is 0 Å². The number of rotatable bonds is 5. The predicted octanol–water partition coefficient (Wildman–Crippen LogP) is 4.39. The van der Waals surface area contributed by atoms with E-state index in [4.69, 9.17) is 21.4 Å². The third kappa shape index (κ3) is 5.25. The molecule has 1 fully saturated rings. The zero-order chi connectivity index (χ0) is 24.0. The Morgan fingerprint density at radius 2 is 1.71 bits per heavy atom. The molecule has 0 unspecified atom stereocenters. The van der Waals surface area contributed by atoms with Crippen LogP contribution in [0.25, 0.3) is 17.4 Å². The Morgan fingerprint density at radius 1 is 1.03 bits per heavy atom. The summed E-state index contributed by atoms with van der Waals surface area (Å²) in [5.41, 5.74) is 1.06. The van der Waals surface area contributed by atoms with E-state index in [0.717, 1.165) is 0 Å². The van der Waals surface area contributed by atoms with E-state index in [2.05, 4.69) is 10.5 Å². The Labute approximate surface area is 201 Å². The summed E-state index contributed by atoms with van der Waals surface area (Å²) >= 11 is 5.19. The van der Waals surface area contributed by atoms with Gasteiger partial charge in [-0.2, -0.15) is 0 Å². The van der Waals surface area contributed by atoms with Crippen molar-refractivity contribution in [3.05, 3.63) is 76.9 Å². The van der Waals surface area contributed by atoms with Gasteiger partial charge in [0.25, 0.3) is 11.8 Å². The summed E-state index contributed by atoms with van der Waals surface area (Å²) < 4.78 is 10.9. The molecule has 3 N–H and O–H groups in total. The highest BCUT2D eigenvalue weighted by molar-refractivity contribution is 7.80. The fraction of sp³-hybridized carbons (Fsp3) is 0.125. The van der Waals surface area contributed by atoms with E-state index in [9.17, 15) is 14.5 Å². The van der Waals surface area contributed by atoms with Crippen LogP contribution < -0.4 is 15.0 Å². The van der Waals surface area contributed by atoms with Gasteiger partial charge in [0.05, 0.1) is 12.8 Å². The zero-order valence-corrected chi connectivity index (χ0v) is 19.5. The number of hydrogen-bond donors (Lipinski definition) is 1. The molecule has 0 bridgehead atoms. The van der Waals surface area contributed by atoms with E-state index in [1.165, 1.54) is 18.1 Å². The second-order valence-electron chi connectivity index (χ2n) is 6.47. The smallest absolute Gasteiger partial charge is 0.270 e. The molecule has 3 aromatic rings. The van der Waals surface area contributed by atoms with Crippen LogP contribution in [0.2, 0.25) is 0 Å². The summed E-state index contributed by atoms with van der Waals surface area (Å²) in [6, 6.07) is 16.6. The molecule has 176 valence electrons. The molecule has 0 spiro atoms. The van der Waals surface area contributed by atoms with Crippen LogP contribution in [-0.2, 0) is 9.59 Å². The average molecular weight is 482 g/mol. The summed E-state index contributed by atoms with van der Waals surface area (Å²) in [5.74, 6) is 0.0385. The van der Waals surface area contributed by atoms with Crippen LogP contribution in [0.15, 0.2) is 75.8 Å². The van der Waals surface area contributed by atoms with E-state index in [0.29, 0.717) is 22.8 Å². The van der Waals surface area contributed by atoms with Crippen molar-refractivity contribution < 1.29 is 24.2 Å². The first kappa shape index (κ1) is 26.1. The van der Waals surface area contributed by atoms with Gasteiger partial charge in [-0.05, 0) is 72.0 Å². The van der Waals surface area contributed by atoms with Gasteiger partial charge >= 0.3 is 0 Å². The van der Waals surface area contributed by atoms with Crippen molar-refractivity contribution in [3.63, 3.8) is 0 Å². The minimum Gasteiger partial charge on any atom is -0.497 e. The molecule has 34 heavy (non-hydrogen) atoms. The Balaban J connectivity index is 0.00000133. The molecule has 1 aromatic heterocycles. The van der Waals surface area contributed by atoms with Crippen LogP contribution in [0.3, 0.4) is 0 Å². The van der Waals surface area contributed by atoms with Crippen molar-refractivity contribution in [3.8, 4) is 17.1 Å². The number of anilines is 1. The van der Waals surface area contributed by atoms with Gasteiger partial charge in [0.15, 0.2) is 5.11 Å². The summed E-state index contributed by atoms with van der Waals surface area (Å²) in [6.45, 7) is 4.00. The molecule has 4 rings (SSSR count). The predicted molar refractivity (Wildman–Crippen MR) is 134 cm³/mol. The molecule has 1 aliphatic heterocycles. The number of nitroso groups, excluding NO2 is 1. The molecule has 0 radical (unpaired) electrons. The Kier molecular flexibility index (Phi) is 8.94. The van der Waals surface area contributed by atoms with Gasteiger partial charge < -0.3 is 14.6 Å². The maximum Gasteiger partial charge on any atom is 0.270 e. The lowest BCUT2D eigenvalue weighted by atomic mass is 10.1. The Bertz CT molecular complexity index is 1230. The highest BCUT2D eigenvalue weighted by Gasteiger charge is 2.34. The normalized spacial score (nSPS) is 14.0. The number of carbonyl (C=O) groups excluding carboxylic acids is 2. The van der Waals surface area contributed by atoms with E-state index in [-0.39, 0.29) is 27.6 Å². The number of hydrogen-bond acceptors (Lipinski definition) is 7. The number of ether oxygens (including phenoxy) is 1. The molecule has 0 aliphatic carbocycles. The number of benzene rings is 2. The topological polar surface area (TPSA) is 133 Å². The van der Waals surface area contributed by atoms with E-state index < -0.39 is 11.8 Å². The molecule has 0 atom stereocenters. The van der Waals surface area contributed by atoms with Crippen LogP contribution in [0.5, 0.6) is 5.75 Å². The van der Waals surface area contributed by atoms with E-state index in [1.807, 2.05) is 13.8 Å². The van der Waals surface area contributed by atoms with Crippen molar-refractivity contribution in [2.45, 2.75) is 13.8 Å². The summed E-state index contributed by atoms with van der Waals surface area (Å²) in [7, 11) is 1.54. The highest BCUT2D eigenvalue weighted by atomic mass is 32.1. The number of thiocarbonyl (C=S) groups is 1. The molecule has 2 amide bonds. The number of furan rings is 1. The van der Waals surface area contributed by atoms with Gasteiger partial charge in [0.1, 0.15) is 28.5 Å². The van der Waals surface area contributed by atoms with Crippen molar-refractivity contribution in [2.24, 2.45) is 5.18 Å². The number of nitrogens with one attached hydrogen (secondary N) is 1. The summed E-state index contributed by atoms with van der Waals surface area (Å²) in [5, 5.41) is 5.48. The van der Waals surface area contributed by atoms with Gasteiger partial charge in [-0.3, -0.25) is 19.8 Å². The molecule has 1 saturated heterocycles. The zero-order valence-electron chi connectivity index (χ0n) is 18.7. The van der Waals surface area contributed by atoms with Gasteiger partial charge in [0, 0.05) is 5.56 Å². The first-order valence-electron chi connectivity index (χ1n) is 10.1. The van der Waals surface area contributed by atoms with Crippen LogP contribution in [0.4, 0.5) is 11.4 Å². The van der Waals surface area contributed by atoms with Crippen LogP contribution in [-0.4, -0.2) is 29.5 Å². The van der Waals surface area contributed by atoms with Crippen LogP contribution in [0, 0.1) is 4.91 Å². The number of carbonyl (C=O) groups is 2. The molecule has 0 saturated carbocycles. The molecule has 2 aromatic carbocycles. The van der Waals surface area contributed by atoms with E-state index >= 15 is 0 Å². The third-order valence-corrected chi connectivity index (χ3v) is 4.90. The molecule has 9 nitrogen and oxygen atoms in total. The second kappa shape index (κ2) is 11.6. The van der Waals surface area contributed by atoms with Crippen molar-refractivity contribution in [1.29, 1.82) is 0 Å². The van der Waals surface area contributed by atoms with Crippen LogP contribution in [0.1, 0.15) is 19.6 Å². The first-order valence-corrected chi connectivity index (χ1v) is 10.5. The first-order chi connectivity index (χ1) is 16.0. The lowest BCUT2D eigenvalue weighted by Crippen LogP contribution is -2.54. The SMILES string of the molecule is CC.COc1ccc(N2C(=O)/C(=C/c3ccc(-c4ccccc4N=O)o3)C(=O)NC2=S)cc1.O. The summed E-state index contributed by atoms with van der Waals surface area (Å²) in [4.78, 5) is 37.7. The van der Waals surface area contributed by atoms with Gasteiger partial charge in [-0.15, -0.1) is 4.91 Å². The Morgan fingerprint density at radius 3 is 2.35 bits per heavy atom. The lowest BCUT2D eigenvalue weighted by molar-refractivity contribution is -0.122. The van der Waals surface area contributed by atoms with Crippen LogP contribution >= 0.6 is 12.2 Å². The Hall–Kier alpha value is -4.15.